The minimum atomic E-state index is -0.893. The summed E-state index contributed by atoms with van der Waals surface area (Å²) in [6.45, 7) is 2.53. The zero-order valence-electron chi connectivity index (χ0n) is 17.3. The van der Waals surface area contributed by atoms with Crippen molar-refractivity contribution >= 4 is 16.5 Å². The molecule has 155 valence electrons. The fraction of sp³-hybridized carbons (Fsp3) is 0.739. The van der Waals surface area contributed by atoms with E-state index in [1.807, 2.05) is 6.08 Å². The van der Waals surface area contributed by atoms with Gasteiger partial charge in [-0.1, -0.05) is 57.3 Å². The first kappa shape index (κ1) is 22.1. The van der Waals surface area contributed by atoms with E-state index in [2.05, 4.69) is 23.4 Å². The van der Waals surface area contributed by atoms with Crippen LogP contribution < -0.4 is 0 Å². The standard InChI is InChI=1S/C23H35BF2OP/c1-16(14-19-5-3-13-27-23(19)22(26)15-25)24-20-10-7-18(8-11-20)17-4-2-6-21(28)12-9-17/h14-15,17-18,20-21H,2-13,28H2,1H3/b16-14+,22-15-. The predicted molar refractivity (Wildman–Crippen MR) is 118 cm³/mol. The van der Waals surface area contributed by atoms with Gasteiger partial charge < -0.3 is 4.74 Å². The largest absolute Gasteiger partial charge is 0.490 e. The highest BCUT2D eigenvalue weighted by molar-refractivity contribution is 7.17. The fourth-order valence-electron chi connectivity index (χ4n) is 5.36. The van der Waals surface area contributed by atoms with Gasteiger partial charge in [-0.25, -0.2) is 8.78 Å². The third kappa shape index (κ3) is 6.18. The Labute approximate surface area is 172 Å². The molecule has 3 aliphatic rings. The SMILES string of the molecule is C/C([B]C1CCC(C2CCCC(P)CC2)CC1)=C\C1=C(C(/F)=C/F)OCCC1. The summed E-state index contributed by atoms with van der Waals surface area (Å²) < 4.78 is 31.7. The molecule has 5 heteroatoms. The lowest BCUT2D eigenvalue weighted by molar-refractivity contribution is 0.185. The number of allylic oxidation sites excluding steroid dienone is 4. The zero-order chi connectivity index (χ0) is 19.9. The number of halogens is 2. The predicted octanol–water partition coefficient (Wildman–Crippen LogP) is 7.24. The zero-order valence-corrected chi connectivity index (χ0v) is 18.4. The summed E-state index contributed by atoms with van der Waals surface area (Å²) in [6, 6.07) is 0. The van der Waals surface area contributed by atoms with Gasteiger partial charge in [0.15, 0.2) is 11.6 Å². The summed E-state index contributed by atoms with van der Waals surface area (Å²) in [6.07, 6.45) is 15.8. The lowest BCUT2D eigenvalue weighted by Crippen LogP contribution is -2.22. The molecule has 2 fully saturated rings. The summed E-state index contributed by atoms with van der Waals surface area (Å²) in [5.41, 5.74) is 2.77. The highest BCUT2D eigenvalue weighted by atomic mass is 31.0. The van der Waals surface area contributed by atoms with E-state index in [1.165, 1.54) is 57.8 Å². The van der Waals surface area contributed by atoms with Crippen LogP contribution in [-0.2, 0) is 4.74 Å². The van der Waals surface area contributed by atoms with Crippen molar-refractivity contribution < 1.29 is 13.5 Å². The summed E-state index contributed by atoms with van der Waals surface area (Å²) in [7, 11) is 5.38. The molecule has 1 heterocycles. The molecule has 0 spiro atoms. The van der Waals surface area contributed by atoms with Crippen molar-refractivity contribution in [1.82, 2.24) is 0 Å². The maximum absolute atomic E-state index is 13.7. The van der Waals surface area contributed by atoms with E-state index in [9.17, 15) is 8.78 Å². The quantitative estimate of drug-likeness (QED) is 0.265. The van der Waals surface area contributed by atoms with Crippen LogP contribution in [0.2, 0.25) is 5.82 Å². The van der Waals surface area contributed by atoms with Crippen LogP contribution in [0.5, 0.6) is 0 Å². The second kappa shape index (κ2) is 11.0. The van der Waals surface area contributed by atoms with E-state index in [0.717, 1.165) is 41.4 Å². The van der Waals surface area contributed by atoms with E-state index >= 15 is 0 Å². The number of hydrogen-bond acceptors (Lipinski definition) is 1. The van der Waals surface area contributed by atoms with Crippen LogP contribution in [0, 0.1) is 11.8 Å². The molecule has 1 nitrogen and oxygen atoms in total. The first-order chi connectivity index (χ1) is 13.6. The van der Waals surface area contributed by atoms with Crippen LogP contribution in [0.1, 0.15) is 77.6 Å². The summed E-state index contributed by atoms with van der Waals surface area (Å²) in [5, 5.41) is 0. The van der Waals surface area contributed by atoms with Gasteiger partial charge in [-0.2, -0.15) is 0 Å². The molecule has 0 bridgehead atoms. The van der Waals surface area contributed by atoms with Crippen molar-refractivity contribution in [3.8, 4) is 0 Å². The van der Waals surface area contributed by atoms with Crippen molar-refractivity contribution in [2.45, 2.75) is 89.0 Å². The van der Waals surface area contributed by atoms with Crippen LogP contribution in [0.4, 0.5) is 8.78 Å². The molecule has 0 saturated heterocycles. The number of rotatable bonds is 5. The molecular weight excluding hydrogens is 372 g/mol. The van der Waals surface area contributed by atoms with E-state index in [4.69, 9.17) is 4.74 Å². The Morgan fingerprint density at radius 3 is 2.50 bits per heavy atom. The Morgan fingerprint density at radius 1 is 1.04 bits per heavy atom. The maximum Gasteiger partial charge on any atom is 0.193 e. The first-order valence-electron chi connectivity index (χ1n) is 11.2. The smallest absolute Gasteiger partial charge is 0.193 e. The second-order valence-electron chi connectivity index (χ2n) is 9.02. The number of ether oxygens (including phenoxy) is 1. The second-order valence-corrected chi connectivity index (χ2v) is 9.96. The van der Waals surface area contributed by atoms with E-state index in [-0.39, 0.29) is 12.1 Å². The maximum atomic E-state index is 13.7. The molecule has 28 heavy (non-hydrogen) atoms. The fourth-order valence-corrected chi connectivity index (χ4v) is 5.79. The lowest BCUT2D eigenvalue weighted by Gasteiger charge is -2.33. The van der Waals surface area contributed by atoms with Crippen molar-refractivity contribution in [3.63, 3.8) is 0 Å². The average molecular weight is 407 g/mol. The Hall–Kier alpha value is -0.625. The van der Waals surface area contributed by atoms with Crippen LogP contribution >= 0.6 is 9.24 Å². The normalized spacial score (nSPS) is 33.3. The average Bonchev–Trinajstić information content (AvgIpc) is 2.93. The third-order valence-electron chi connectivity index (χ3n) is 6.88. The molecule has 3 unspecified atom stereocenters. The van der Waals surface area contributed by atoms with Gasteiger partial charge in [0.05, 0.1) is 6.61 Å². The van der Waals surface area contributed by atoms with Gasteiger partial charge in [0.25, 0.3) is 0 Å². The van der Waals surface area contributed by atoms with Gasteiger partial charge in [0.1, 0.15) is 13.6 Å². The van der Waals surface area contributed by atoms with E-state index in [0.29, 0.717) is 12.4 Å². The van der Waals surface area contributed by atoms with Crippen molar-refractivity contribution in [2.75, 3.05) is 6.61 Å². The molecule has 2 aliphatic carbocycles. The topological polar surface area (TPSA) is 9.23 Å². The molecule has 0 N–H and O–H groups in total. The Bertz CT molecular complexity index is 608. The minimum Gasteiger partial charge on any atom is -0.490 e. The van der Waals surface area contributed by atoms with E-state index in [1.54, 1.807) is 0 Å². The Morgan fingerprint density at radius 2 is 1.75 bits per heavy atom. The molecule has 1 aliphatic heterocycles. The van der Waals surface area contributed by atoms with Crippen LogP contribution in [0.25, 0.3) is 0 Å². The van der Waals surface area contributed by atoms with E-state index < -0.39 is 5.83 Å². The van der Waals surface area contributed by atoms with Crippen molar-refractivity contribution in [2.24, 2.45) is 11.8 Å². The molecule has 0 aromatic heterocycles. The third-order valence-corrected chi connectivity index (χ3v) is 7.55. The Kier molecular flexibility index (Phi) is 8.63. The minimum absolute atomic E-state index is 0.00174. The molecule has 3 atom stereocenters. The first-order valence-corrected chi connectivity index (χ1v) is 11.8. The summed E-state index contributed by atoms with van der Waals surface area (Å²) in [5.74, 6) is 1.66. The number of hydrogen-bond donors (Lipinski definition) is 0. The van der Waals surface area contributed by atoms with Crippen LogP contribution in [0.15, 0.2) is 35.0 Å². The Balaban J connectivity index is 1.52. The van der Waals surface area contributed by atoms with Gasteiger partial charge in [0, 0.05) is 0 Å². The molecular formula is C23H35BF2OP. The van der Waals surface area contributed by atoms with Crippen LogP contribution in [0.3, 0.4) is 0 Å². The van der Waals surface area contributed by atoms with Gasteiger partial charge in [-0.3, -0.25) is 0 Å². The van der Waals surface area contributed by atoms with Crippen LogP contribution in [-0.4, -0.2) is 19.5 Å². The summed E-state index contributed by atoms with van der Waals surface area (Å²) in [4.78, 5) is 0. The molecule has 0 aromatic rings. The molecule has 0 aromatic carbocycles. The molecule has 1 radical (unpaired) electrons. The van der Waals surface area contributed by atoms with Gasteiger partial charge in [0.2, 0.25) is 0 Å². The summed E-state index contributed by atoms with van der Waals surface area (Å²) >= 11 is 0. The molecule has 0 amide bonds. The molecule has 2 saturated carbocycles. The molecule has 3 rings (SSSR count). The van der Waals surface area contributed by atoms with Gasteiger partial charge in [-0.05, 0) is 55.2 Å². The van der Waals surface area contributed by atoms with Gasteiger partial charge >= 0.3 is 0 Å². The highest BCUT2D eigenvalue weighted by Gasteiger charge is 2.29. The van der Waals surface area contributed by atoms with Gasteiger partial charge in [-0.15, -0.1) is 14.7 Å². The van der Waals surface area contributed by atoms with Crippen molar-refractivity contribution in [3.05, 3.63) is 35.0 Å². The highest BCUT2D eigenvalue weighted by Crippen LogP contribution is 2.42. The monoisotopic (exact) mass is 407 g/mol. The lowest BCUT2D eigenvalue weighted by atomic mass is 9.53. The van der Waals surface area contributed by atoms with Crippen molar-refractivity contribution in [1.29, 1.82) is 0 Å².